The van der Waals surface area contributed by atoms with Crippen molar-refractivity contribution < 1.29 is 14.8 Å². The molecule has 0 spiro atoms. The Morgan fingerprint density at radius 1 is 1.28 bits per heavy atom. The number of nitro benzene ring substituents is 1. The van der Waals surface area contributed by atoms with Crippen molar-refractivity contribution >= 4 is 11.6 Å². The van der Waals surface area contributed by atoms with E-state index in [1.54, 1.807) is 4.90 Å². The van der Waals surface area contributed by atoms with Gasteiger partial charge in [0.2, 0.25) is 0 Å². The van der Waals surface area contributed by atoms with Gasteiger partial charge in [0, 0.05) is 19.2 Å². The van der Waals surface area contributed by atoms with Crippen molar-refractivity contribution in [2.45, 2.75) is 19.3 Å². The summed E-state index contributed by atoms with van der Waals surface area (Å²) in [5.74, 6) is -0.516. The molecule has 1 aliphatic rings. The van der Waals surface area contributed by atoms with Gasteiger partial charge in [0.25, 0.3) is 11.6 Å². The largest absolute Gasteiger partial charge is 0.508 e. The third-order valence-electron chi connectivity index (χ3n) is 3.05. The highest BCUT2D eigenvalue weighted by molar-refractivity contribution is 5.98. The Morgan fingerprint density at radius 2 is 1.94 bits per heavy atom. The molecule has 0 atom stereocenters. The lowest BCUT2D eigenvalue weighted by Gasteiger charge is -2.26. The van der Waals surface area contributed by atoms with Gasteiger partial charge in [-0.15, -0.1) is 0 Å². The first-order valence-electron chi connectivity index (χ1n) is 5.86. The monoisotopic (exact) mass is 250 g/mol. The van der Waals surface area contributed by atoms with Crippen molar-refractivity contribution in [3.8, 4) is 5.75 Å². The van der Waals surface area contributed by atoms with Crippen LogP contribution in [0, 0.1) is 10.1 Å². The minimum atomic E-state index is -0.601. The molecule has 1 aromatic rings. The number of benzene rings is 1. The van der Waals surface area contributed by atoms with Gasteiger partial charge in [-0.3, -0.25) is 14.9 Å². The minimum Gasteiger partial charge on any atom is -0.508 e. The van der Waals surface area contributed by atoms with Crippen molar-refractivity contribution in [2.75, 3.05) is 13.1 Å². The van der Waals surface area contributed by atoms with E-state index in [0.29, 0.717) is 13.1 Å². The van der Waals surface area contributed by atoms with E-state index < -0.39 is 4.92 Å². The second kappa shape index (κ2) is 5.03. The SMILES string of the molecule is O=C(c1cc(O)ccc1[N+](=O)[O-])N1CCCCC1. The Hall–Kier alpha value is -2.11. The summed E-state index contributed by atoms with van der Waals surface area (Å²) in [4.78, 5) is 24.1. The van der Waals surface area contributed by atoms with Gasteiger partial charge in [0.1, 0.15) is 11.3 Å². The van der Waals surface area contributed by atoms with Crippen LogP contribution in [-0.2, 0) is 0 Å². The van der Waals surface area contributed by atoms with Crippen LogP contribution in [0.3, 0.4) is 0 Å². The standard InChI is InChI=1S/C12H14N2O4/c15-9-4-5-11(14(17)18)10(8-9)12(16)13-6-2-1-3-7-13/h4-5,8,15H,1-3,6-7H2. The molecule has 6 nitrogen and oxygen atoms in total. The number of nitro groups is 1. The summed E-state index contributed by atoms with van der Waals surface area (Å²) in [6.45, 7) is 1.23. The van der Waals surface area contributed by atoms with E-state index in [9.17, 15) is 20.0 Å². The topological polar surface area (TPSA) is 83.7 Å². The minimum absolute atomic E-state index is 0.0399. The average Bonchev–Trinajstić information content (AvgIpc) is 2.38. The van der Waals surface area contributed by atoms with Crippen LogP contribution in [0.1, 0.15) is 29.6 Å². The molecule has 1 aliphatic heterocycles. The molecule has 1 N–H and O–H groups in total. The van der Waals surface area contributed by atoms with Crippen LogP contribution in [0.15, 0.2) is 18.2 Å². The van der Waals surface area contributed by atoms with Crippen LogP contribution in [-0.4, -0.2) is 33.9 Å². The number of piperidine rings is 1. The van der Waals surface area contributed by atoms with Gasteiger partial charge >= 0.3 is 0 Å². The lowest BCUT2D eigenvalue weighted by Crippen LogP contribution is -2.35. The van der Waals surface area contributed by atoms with Crippen LogP contribution in [0.2, 0.25) is 0 Å². The van der Waals surface area contributed by atoms with E-state index in [1.807, 2.05) is 0 Å². The zero-order chi connectivity index (χ0) is 13.1. The van der Waals surface area contributed by atoms with E-state index in [4.69, 9.17) is 0 Å². The van der Waals surface area contributed by atoms with E-state index in [1.165, 1.54) is 6.07 Å². The summed E-state index contributed by atoms with van der Waals surface area (Å²) >= 11 is 0. The van der Waals surface area contributed by atoms with Gasteiger partial charge in [0.15, 0.2) is 0 Å². The Morgan fingerprint density at radius 3 is 2.56 bits per heavy atom. The highest BCUT2D eigenvalue weighted by atomic mass is 16.6. The average molecular weight is 250 g/mol. The Kier molecular flexibility index (Phi) is 3.45. The molecule has 0 unspecified atom stereocenters. The Bertz CT molecular complexity index is 481. The van der Waals surface area contributed by atoms with Gasteiger partial charge in [-0.2, -0.15) is 0 Å². The van der Waals surface area contributed by atoms with Gasteiger partial charge in [-0.25, -0.2) is 0 Å². The van der Waals surface area contributed by atoms with Crippen LogP contribution in [0.4, 0.5) is 5.69 Å². The van der Waals surface area contributed by atoms with Crippen molar-refractivity contribution in [1.29, 1.82) is 0 Å². The quantitative estimate of drug-likeness (QED) is 0.642. The zero-order valence-corrected chi connectivity index (χ0v) is 9.83. The second-order valence-corrected chi connectivity index (χ2v) is 4.31. The molecular formula is C12H14N2O4. The molecule has 0 radical (unpaired) electrons. The number of amides is 1. The highest BCUT2D eigenvalue weighted by Crippen LogP contribution is 2.25. The summed E-state index contributed by atoms with van der Waals surface area (Å²) in [5, 5.41) is 20.2. The first-order valence-corrected chi connectivity index (χ1v) is 5.86. The number of nitrogens with zero attached hydrogens (tertiary/aromatic N) is 2. The van der Waals surface area contributed by atoms with E-state index >= 15 is 0 Å². The molecule has 1 aromatic carbocycles. The highest BCUT2D eigenvalue weighted by Gasteiger charge is 2.26. The van der Waals surface area contributed by atoms with Gasteiger partial charge in [-0.05, 0) is 31.4 Å². The molecule has 6 heteroatoms. The molecule has 18 heavy (non-hydrogen) atoms. The molecule has 1 heterocycles. The number of carbonyl (C=O) groups excluding carboxylic acids is 1. The van der Waals surface area contributed by atoms with E-state index in [0.717, 1.165) is 31.4 Å². The van der Waals surface area contributed by atoms with Gasteiger partial charge < -0.3 is 10.0 Å². The molecule has 0 aromatic heterocycles. The summed E-state index contributed by atoms with van der Waals surface area (Å²) in [6, 6.07) is 3.53. The van der Waals surface area contributed by atoms with Crippen molar-refractivity contribution in [2.24, 2.45) is 0 Å². The molecule has 0 saturated carbocycles. The number of phenols is 1. The van der Waals surface area contributed by atoms with Gasteiger partial charge in [-0.1, -0.05) is 0 Å². The lowest BCUT2D eigenvalue weighted by atomic mass is 10.1. The number of phenolic OH excluding ortho intramolecular Hbond substituents is 1. The number of hydrogen-bond acceptors (Lipinski definition) is 4. The summed E-state index contributed by atoms with van der Waals surface area (Å²) < 4.78 is 0. The maximum absolute atomic E-state index is 12.2. The molecular weight excluding hydrogens is 236 g/mol. The fraction of sp³-hybridized carbons (Fsp3) is 0.417. The smallest absolute Gasteiger partial charge is 0.282 e. The number of hydrogen-bond donors (Lipinski definition) is 1. The van der Waals surface area contributed by atoms with Crippen LogP contribution in [0.5, 0.6) is 5.75 Å². The fourth-order valence-electron chi connectivity index (χ4n) is 2.12. The third kappa shape index (κ3) is 2.42. The summed E-state index contributed by atoms with van der Waals surface area (Å²) in [7, 11) is 0. The van der Waals surface area contributed by atoms with Crippen LogP contribution >= 0.6 is 0 Å². The predicted molar refractivity (Wildman–Crippen MR) is 64.5 cm³/mol. The number of carbonyl (C=O) groups is 1. The van der Waals surface area contributed by atoms with Gasteiger partial charge in [0.05, 0.1) is 4.92 Å². The first-order chi connectivity index (χ1) is 8.59. The Labute approximate surface area is 104 Å². The fourth-order valence-corrected chi connectivity index (χ4v) is 2.12. The summed E-state index contributed by atoms with van der Waals surface area (Å²) in [5.41, 5.74) is -0.301. The van der Waals surface area contributed by atoms with E-state index in [2.05, 4.69) is 0 Å². The Balaban J connectivity index is 2.33. The van der Waals surface area contributed by atoms with Crippen LogP contribution in [0.25, 0.3) is 0 Å². The maximum atomic E-state index is 12.2. The maximum Gasteiger partial charge on any atom is 0.282 e. The molecule has 1 amide bonds. The van der Waals surface area contributed by atoms with Crippen molar-refractivity contribution in [1.82, 2.24) is 4.90 Å². The number of aromatic hydroxyl groups is 1. The predicted octanol–water partition coefficient (Wildman–Crippen LogP) is 1.93. The summed E-state index contributed by atoms with van der Waals surface area (Å²) in [6.07, 6.45) is 2.91. The lowest BCUT2D eigenvalue weighted by molar-refractivity contribution is -0.385. The normalized spacial score (nSPS) is 15.4. The number of likely N-dealkylation sites (tertiary alicyclic amines) is 1. The first kappa shape index (κ1) is 12.3. The van der Waals surface area contributed by atoms with Crippen molar-refractivity contribution in [3.63, 3.8) is 0 Å². The van der Waals surface area contributed by atoms with E-state index in [-0.39, 0.29) is 22.9 Å². The molecule has 2 rings (SSSR count). The van der Waals surface area contributed by atoms with Crippen molar-refractivity contribution in [3.05, 3.63) is 33.9 Å². The molecule has 1 fully saturated rings. The second-order valence-electron chi connectivity index (χ2n) is 4.31. The molecule has 0 aliphatic carbocycles. The molecule has 1 saturated heterocycles. The molecule has 96 valence electrons. The number of rotatable bonds is 2. The zero-order valence-electron chi connectivity index (χ0n) is 9.83. The third-order valence-corrected chi connectivity index (χ3v) is 3.05. The van der Waals surface area contributed by atoms with Crippen LogP contribution < -0.4 is 0 Å². The molecule has 0 bridgehead atoms.